The summed E-state index contributed by atoms with van der Waals surface area (Å²) < 4.78 is 3.73. The van der Waals surface area contributed by atoms with Crippen molar-refractivity contribution in [2.75, 3.05) is 0 Å². The van der Waals surface area contributed by atoms with Crippen LogP contribution in [-0.4, -0.2) is 29.9 Å². The Morgan fingerprint density at radius 3 is 1.70 bits per heavy atom. The maximum Gasteiger partial charge on any atom is 0.164 e. The minimum absolute atomic E-state index is 0.576. The lowest BCUT2D eigenvalue weighted by molar-refractivity contribution is 1.05. The van der Waals surface area contributed by atoms with Gasteiger partial charge in [0.1, 0.15) is 12.7 Å². The molecule has 0 saturated carbocycles. The predicted molar refractivity (Wildman–Crippen MR) is 239 cm³/mol. The number of rotatable bonds is 8. The van der Waals surface area contributed by atoms with Crippen LogP contribution in [0.3, 0.4) is 0 Å². The normalized spacial score (nSPS) is 11.6. The van der Waals surface area contributed by atoms with E-state index >= 15 is 0 Å². The molecular weight excluding hydrogens is 737 g/mol. The van der Waals surface area contributed by atoms with Crippen LogP contribution in [0, 0.1) is 0 Å². The summed E-state index contributed by atoms with van der Waals surface area (Å²) >= 11 is 3.62. The smallest absolute Gasteiger partial charge is 0.164 e. The monoisotopic (exact) mass is 768 g/mol. The van der Waals surface area contributed by atoms with Crippen LogP contribution in [-0.2, 0) is 0 Å². The molecule has 0 saturated heterocycles. The van der Waals surface area contributed by atoms with Gasteiger partial charge in [0.05, 0.1) is 0 Å². The first-order valence-electron chi connectivity index (χ1n) is 18.6. The highest BCUT2D eigenvalue weighted by molar-refractivity contribution is 7.26. The summed E-state index contributed by atoms with van der Waals surface area (Å²) in [6.45, 7) is 6.24. The van der Waals surface area contributed by atoms with Gasteiger partial charge in [0.15, 0.2) is 23.3 Å². The van der Waals surface area contributed by atoms with E-state index in [1.807, 2.05) is 72.0 Å². The first-order chi connectivity index (χ1) is 28.1. The molecule has 0 unspecified atom stereocenters. The Bertz CT molecular complexity index is 3150. The number of aromatic nitrogens is 6. The molecule has 6 nitrogen and oxygen atoms in total. The first-order valence-corrected chi connectivity index (χ1v) is 20.2. The van der Waals surface area contributed by atoms with Crippen LogP contribution < -0.4 is 0 Å². The van der Waals surface area contributed by atoms with E-state index in [0.29, 0.717) is 23.3 Å². The van der Waals surface area contributed by atoms with Gasteiger partial charge in [-0.05, 0) is 65.1 Å². The molecule has 10 aromatic rings. The van der Waals surface area contributed by atoms with Crippen molar-refractivity contribution in [3.05, 3.63) is 169 Å². The van der Waals surface area contributed by atoms with E-state index in [1.165, 1.54) is 53.4 Å². The van der Waals surface area contributed by atoms with E-state index < -0.39 is 0 Å². The molecule has 0 fully saturated rings. The third kappa shape index (κ3) is 6.31. The molecule has 10 rings (SSSR count). The lowest BCUT2D eigenvalue weighted by Crippen LogP contribution is -2.00. The molecule has 0 aliphatic rings. The molecule has 57 heavy (non-hydrogen) atoms. The van der Waals surface area contributed by atoms with Gasteiger partial charge in [-0.15, -0.1) is 22.7 Å². The minimum atomic E-state index is 0.576. The van der Waals surface area contributed by atoms with Crippen LogP contribution in [0.25, 0.3) is 110 Å². The van der Waals surface area contributed by atoms with E-state index in [2.05, 4.69) is 119 Å². The molecule has 0 N–H and O–H groups in total. The lowest BCUT2D eigenvalue weighted by Gasteiger charge is -2.13. The summed E-state index contributed by atoms with van der Waals surface area (Å²) in [7, 11) is 0. The van der Waals surface area contributed by atoms with Gasteiger partial charge >= 0.3 is 0 Å². The predicted octanol–water partition coefficient (Wildman–Crippen LogP) is 13.3. The summed E-state index contributed by atoms with van der Waals surface area (Å²) in [6, 6.07) is 46.7. The van der Waals surface area contributed by atoms with Gasteiger partial charge in [-0.3, -0.25) is 0 Å². The van der Waals surface area contributed by atoms with E-state index in [9.17, 15) is 0 Å². The molecule has 270 valence electrons. The number of hydrogen-bond acceptors (Lipinski definition) is 8. The first kappa shape index (κ1) is 34.5. The number of thiophene rings is 2. The molecule has 4 heterocycles. The lowest BCUT2D eigenvalue weighted by atomic mass is 9.94. The largest absolute Gasteiger partial charge is 0.225 e. The van der Waals surface area contributed by atoms with Crippen molar-refractivity contribution in [3.63, 3.8) is 0 Å². The highest BCUT2D eigenvalue weighted by atomic mass is 32.1. The molecule has 4 aromatic heterocycles. The van der Waals surface area contributed by atoms with Crippen molar-refractivity contribution in [2.45, 2.75) is 6.92 Å². The van der Waals surface area contributed by atoms with E-state index in [4.69, 9.17) is 15.0 Å². The highest BCUT2D eigenvalue weighted by Crippen LogP contribution is 2.44. The summed E-state index contributed by atoms with van der Waals surface area (Å²) in [5.74, 6) is 2.37. The fourth-order valence-corrected chi connectivity index (χ4v) is 9.97. The van der Waals surface area contributed by atoms with E-state index in [1.54, 1.807) is 11.3 Å². The van der Waals surface area contributed by atoms with Gasteiger partial charge in [0.2, 0.25) is 0 Å². The van der Waals surface area contributed by atoms with Crippen molar-refractivity contribution in [2.24, 2.45) is 0 Å². The highest BCUT2D eigenvalue weighted by Gasteiger charge is 2.19. The maximum absolute atomic E-state index is 5.21. The number of nitrogens with zero attached hydrogens (tertiary/aromatic N) is 6. The number of fused-ring (bicyclic) bond motifs is 4. The Hall–Kier alpha value is -7.00. The second-order valence-corrected chi connectivity index (χ2v) is 15.7. The zero-order valence-electron chi connectivity index (χ0n) is 30.8. The third-order valence-corrected chi connectivity index (χ3v) is 12.5. The van der Waals surface area contributed by atoms with Gasteiger partial charge in [-0.25, -0.2) is 29.9 Å². The van der Waals surface area contributed by atoms with Crippen molar-refractivity contribution < 1.29 is 0 Å². The maximum atomic E-state index is 5.21. The minimum Gasteiger partial charge on any atom is -0.225 e. The van der Waals surface area contributed by atoms with Crippen LogP contribution in [0.4, 0.5) is 0 Å². The molecule has 0 aliphatic heterocycles. The Balaban J connectivity index is 1.22. The van der Waals surface area contributed by atoms with Crippen molar-refractivity contribution in [3.8, 4) is 67.8 Å². The molecule has 0 atom stereocenters. The van der Waals surface area contributed by atoms with Crippen molar-refractivity contribution in [1.29, 1.82) is 0 Å². The summed E-state index contributed by atoms with van der Waals surface area (Å²) in [5, 5.41) is 3.71. The van der Waals surface area contributed by atoms with Crippen LogP contribution in [0.5, 0.6) is 0 Å². The zero-order chi connectivity index (χ0) is 38.3. The molecule has 0 amide bonds. The fraction of sp³-hybridized carbons (Fsp3) is 0.0204. The van der Waals surface area contributed by atoms with Crippen molar-refractivity contribution >= 4 is 65.1 Å². The average Bonchev–Trinajstić information content (AvgIpc) is 3.85. The zero-order valence-corrected chi connectivity index (χ0v) is 32.4. The van der Waals surface area contributed by atoms with Crippen LogP contribution in [0.2, 0.25) is 0 Å². The Kier molecular flexibility index (Phi) is 8.82. The fourth-order valence-electron chi connectivity index (χ4n) is 7.42. The number of hydrogen-bond donors (Lipinski definition) is 0. The van der Waals surface area contributed by atoms with Crippen molar-refractivity contribution in [1.82, 2.24) is 29.9 Å². The van der Waals surface area contributed by atoms with E-state index in [0.717, 1.165) is 44.5 Å². The average molecular weight is 769 g/mol. The van der Waals surface area contributed by atoms with Gasteiger partial charge in [0, 0.05) is 57.4 Å². The topological polar surface area (TPSA) is 77.3 Å². The number of allylic oxidation sites excluding steroid dienone is 1. The van der Waals surface area contributed by atoms with Crippen LogP contribution >= 0.6 is 22.7 Å². The quantitative estimate of drug-likeness (QED) is 0.153. The Morgan fingerprint density at radius 1 is 0.491 bits per heavy atom. The molecule has 0 aliphatic carbocycles. The number of benzene rings is 6. The van der Waals surface area contributed by atoms with Gasteiger partial charge in [-0.1, -0.05) is 128 Å². The molecule has 0 radical (unpaired) electrons. The Morgan fingerprint density at radius 2 is 1.04 bits per heavy atom. The van der Waals surface area contributed by atoms with Crippen LogP contribution in [0.15, 0.2) is 159 Å². The Labute approximate surface area is 337 Å². The summed E-state index contributed by atoms with van der Waals surface area (Å²) in [4.78, 5) is 29.2. The molecular formula is C49H32N6S2. The summed E-state index contributed by atoms with van der Waals surface area (Å²) in [6.07, 6.45) is 9.23. The molecule has 0 bridgehead atoms. The molecule has 8 heteroatoms. The van der Waals surface area contributed by atoms with Gasteiger partial charge < -0.3 is 0 Å². The van der Waals surface area contributed by atoms with Gasteiger partial charge in [-0.2, -0.15) is 0 Å². The summed E-state index contributed by atoms with van der Waals surface area (Å²) in [5.41, 5.74) is 9.19. The van der Waals surface area contributed by atoms with E-state index in [-0.39, 0.29) is 0 Å². The van der Waals surface area contributed by atoms with Crippen LogP contribution in [0.1, 0.15) is 17.4 Å². The molecule has 6 aromatic carbocycles. The second-order valence-electron chi connectivity index (χ2n) is 13.6. The third-order valence-electron chi connectivity index (χ3n) is 10.1. The standard InChI is InChI=1S/C49H32N6S2/c1-3-12-42-36(4-2)40-18-10-16-37(44(40)56-42)33-25-34(38-17-11-19-41-39-15-8-9-20-43(39)57-45(38)41)27-35(26-33)49-54-47(30-13-6-5-7-14-30)53-48(55-49)32-23-21-31(22-24-32)46-51-28-50-29-52-46/h3-29H,2H2,1H3/b12-3-. The molecule has 0 spiro atoms. The van der Waals surface area contributed by atoms with Gasteiger partial charge in [0.25, 0.3) is 0 Å². The SMILES string of the molecule is C=Cc1c(/C=C\C)sc2c(-c3cc(-c4nc(-c5ccccc5)nc(-c5ccc(-c6ncncn6)cc5)n4)cc(-c4cccc5c4sc4ccccc45)c3)cccc12. The second kappa shape index (κ2) is 14.6.